The first kappa shape index (κ1) is 15.8. The molecule has 0 saturated carbocycles. The Morgan fingerprint density at radius 2 is 1.96 bits per heavy atom. The van der Waals surface area contributed by atoms with Crippen LogP contribution in [0.25, 0.3) is 10.2 Å². The highest BCUT2D eigenvalue weighted by molar-refractivity contribution is 7.97. The van der Waals surface area contributed by atoms with Crippen LogP contribution in [0.15, 0.2) is 35.2 Å². The van der Waals surface area contributed by atoms with Crippen LogP contribution >= 0.6 is 23.3 Å². The molecule has 7 heteroatoms. The predicted molar refractivity (Wildman–Crippen MR) is 97.9 cm³/mol. The number of nitrogens with two attached hydrogens (primary N) is 2. The van der Waals surface area contributed by atoms with Crippen molar-refractivity contribution in [2.75, 3.05) is 11.1 Å². The minimum atomic E-state index is -0.226. The van der Waals surface area contributed by atoms with Crippen LogP contribution in [-0.2, 0) is 0 Å². The zero-order valence-electron chi connectivity index (χ0n) is 12.7. The van der Waals surface area contributed by atoms with E-state index in [-0.39, 0.29) is 5.91 Å². The number of aromatic nitrogens is 1. The molecule has 0 spiro atoms. The van der Waals surface area contributed by atoms with Crippen molar-refractivity contribution < 1.29 is 4.79 Å². The summed E-state index contributed by atoms with van der Waals surface area (Å²) in [5.74, 6) is -0.226. The van der Waals surface area contributed by atoms with Gasteiger partial charge in [-0.1, -0.05) is 0 Å². The Balaban J connectivity index is 1.94. The van der Waals surface area contributed by atoms with Crippen molar-refractivity contribution in [1.82, 2.24) is 4.98 Å². The number of nitrogens with one attached hydrogen (secondary N) is 1. The normalized spacial score (nSPS) is 10.9. The minimum absolute atomic E-state index is 0.226. The quantitative estimate of drug-likeness (QED) is 0.630. The molecule has 2 heterocycles. The first-order chi connectivity index (χ1) is 11.0. The van der Waals surface area contributed by atoms with E-state index in [0.29, 0.717) is 16.3 Å². The van der Waals surface area contributed by atoms with Crippen LogP contribution in [0.1, 0.15) is 20.9 Å². The van der Waals surface area contributed by atoms with E-state index >= 15 is 0 Å². The third-order valence-corrected chi connectivity index (χ3v) is 5.12. The zero-order valence-corrected chi connectivity index (χ0v) is 14.3. The van der Waals surface area contributed by atoms with Gasteiger partial charge < -0.3 is 11.1 Å². The van der Waals surface area contributed by atoms with Gasteiger partial charge in [-0.3, -0.25) is 9.93 Å². The van der Waals surface area contributed by atoms with E-state index < -0.39 is 0 Å². The third kappa shape index (κ3) is 3.03. The maximum Gasteiger partial charge on any atom is 0.267 e. The molecule has 0 saturated heterocycles. The number of hydrogen-bond acceptors (Lipinski definition) is 6. The second-order valence-corrected chi connectivity index (χ2v) is 6.91. The molecular weight excluding hydrogens is 328 g/mol. The molecule has 0 atom stereocenters. The van der Waals surface area contributed by atoms with Crippen molar-refractivity contribution in [2.45, 2.75) is 18.7 Å². The standard InChI is InChI=1S/C16H16N4OS2/c1-8-7-9(2)19-16-12(8)13(17)14(22-16)15(21)20-10-3-5-11(23-18)6-4-10/h3-7H,17-18H2,1-2H3,(H,20,21). The molecule has 2 aromatic heterocycles. The maximum atomic E-state index is 12.5. The van der Waals surface area contributed by atoms with E-state index in [2.05, 4.69) is 10.3 Å². The van der Waals surface area contributed by atoms with E-state index in [1.807, 2.05) is 44.2 Å². The Kier molecular flexibility index (Phi) is 4.25. The Morgan fingerprint density at radius 1 is 1.26 bits per heavy atom. The van der Waals surface area contributed by atoms with Gasteiger partial charge in [-0.25, -0.2) is 4.98 Å². The lowest BCUT2D eigenvalue weighted by Crippen LogP contribution is -2.11. The number of carbonyl (C=O) groups excluding carboxylic acids is 1. The number of anilines is 2. The summed E-state index contributed by atoms with van der Waals surface area (Å²) in [5.41, 5.74) is 9.31. The van der Waals surface area contributed by atoms with Crippen molar-refractivity contribution in [3.8, 4) is 0 Å². The van der Waals surface area contributed by atoms with Crippen molar-refractivity contribution in [3.63, 3.8) is 0 Å². The van der Waals surface area contributed by atoms with Crippen LogP contribution < -0.4 is 16.2 Å². The fraction of sp³-hybridized carbons (Fsp3) is 0.125. The molecular formula is C16H16N4OS2. The summed E-state index contributed by atoms with van der Waals surface area (Å²) in [7, 11) is 0. The summed E-state index contributed by atoms with van der Waals surface area (Å²) in [6.07, 6.45) is 0. The van der Waals surface area contributed by atoms with Crippen LogP contribution in [0.5, 0.6) is 0 Å². The highest BCUT2D eigenvalue weighted by atomic mass is 32.2. The second-order valence-electron chi connectivity index (χ2n) is 5.20. The monoisotopic (exact) mass is 344 g/mol. The molecule has 0 fully saturated rings. The molecule has 3 aromatic rings. The van der Waals surface area contributed by atoms with Crippen LogP contribution in [0, 0.1) is 13.8 Å². The molecule has 1 amide bonds. The number of rotatable bonds is 3. The summed E-state index contributed by atoms with van der Waals surface area (Å²) >= 11 is 2.48. The summed E-state index contributed by atoms with van der Waals surface area (Å²) in [4.78, 5) is 19.2. The Hall–Kier alpha value is -2.09. The first-order valence-electron chi connectivity index (χ1n) is 6.94. The van der Waals surface area contributed by atoms with Gasteiger partial charge in [-0.15, -0.1) is 11.3 Å². The van der Waals surface area contributed by atoms with Crippen molar-refractivity contribution in [2.24, 2.45) is 5.14 Å². The molecule has 1 aromatic carbocycles. The van der Waals surface area contributed by atoms with Crippen molar-refractivity contribution >= 4 is 50.8 Å². The number of nitrogens with zero attached hydrogens (tertiary/aromatic N) is 1. The highest BCUT2D eigenvalue weighted by Gasteiger charge is 2.19. The molecule has 23 heavy (non-hydrogen) atoms. The molecule has 3 rings (SSSR count). The number of pyridine rings is 1. The van der Waals surface area contributed by atoms with Gasteiger partial charge in [0.05, 0.1) is 5.69 Å². The van der Waals surface area contributed by atoms with Gasteiger partial charge in [0.2, 0.25) is 0 Å². The van der Waals surface area contributed by atoms with E-state index in [0.717, 1.165) is 38.3 Å². The minimum Gasteiger partial charge on any atom is -0.397 e. The van der Waals surface area contributed by atoms with E-state index in [4.69, 9.17) is 10.9 Å². The third-order valence-electron chi connectivity index (χ3n) is 3.48. The number of hydrogen-bond donors (Lipinski definition) is 3. The van der Waals surface area contributed by atoms with Gasteiger partial charge in [0.1, 0.15) is 9.71 Å². The molecule has 0 unspecified atom stereocenters. The van der Waals surface area contributed by atoms with Gasteiger partial charge in [0, 0.05) is 21.7 Å². The number of fused-ring (bicyclic) bond motifs is 1. The number of amides is 1. The van der Waals surface area contributed by atoms with Gasteiger partial charge >= 0.3 is 0 Å². The Bertz CT molecular complexity index is 887. The number of thiophene rings is 1. The van der Waals surface area contributed by atoms with Crippen LogP contribution in [0.4, 0.5) is 11.4 Å². The predicted octanol–water partition coefficient (Wildman–Crippen LogP) is 3.71. The number of benzene rings is 1. The van der Waals surface area contributed by atoms with Crippen LogP contribution in [0.3, 0.4) is 0 Å². The lowest BCUT2D eigenvalue weighted by atomic mass is 10.1. The zero-order chi connectivity index (χ0) is 16.6. The molecule has 0 radical (unpaired) electrons. The lowest BCUT2D eigenvalue weighted by Gasteiger charge is -2.05. The summed E-state index contributed by atoms with van der Waals surface area (Å²) < 4.78 is 0. The van der Waals surface area contributed by atoms with Gasteiger partial charge in [-0.2, -0.15) is 0 Å². The fourth-order valence-electron chi connectivity index (χ4n) is 2.44. The molecule has 118 valence electrons. The fourth-order valence-corrected chi connectivity index (χ4v) is 3.85. The van der Waals surface area contributed by atoms with Crippen molar-refractivity contribution in [1.29, 1.82) is 0 Å². The molecule has 5 nitrogen and oxygen atoms in total. The van der Waals surface area contributed by atoms with E-state index in [9.17, 15) is 4.79 Å². The summed E-state index contributed by atoms with van der Waals surface area (Å²) in [6.45, 7) is 3.91. The Labute approximate surface area is 142 Å². The van der Waals surface area contributed by atoms with Crippen molar-refractivity contribution in [3.05, 3.63) is 46.5 Å². The lowest BCUT2D eigenvalue weighted by molar-refractivity contribution is 0.103. The number of nitrogen functional groups attached to an aromatic ring is 1. The molecule has 0 aliphatic rings. The van der Waals surface area contributed by atoms with Crippen LogP contribution in [-0.4, -0.2) is 10.9 Å². The summed E-state index contributed by atoms with van der Waals surface area (Å²) in [6, 6.07) is 9.29. The molecule has 0 bridgehead atoms. The van der Waals surface area contributed by atoms with Crippen LogP contribution in [0.2, 0.25) is 0 Å². The van der Waals surface area contributed by atoms with Gasteiger partial charge in [0.25, 0.3) is 5.91 Å². The highest BCUT2D eigenvalue weighted by Crippen LogP contribution is 2.35. The average molecular weight is 344 g/mol. The topological polar surface area (TPSA) is 94.0 Å². The molecule has 0 aliphatic heterocycles. The molecule has 0 aliphatic carbocycles. The SMILES string of the molecule is Cc1cc(C)c2c(N)c(C(=O)Nc3ccc(SN)cc3)sc2n1. The number of carbonyl (C=O) groups is 1. The van der Waals surface area contributed by atoms with Gasteiger partial charge in [0.15, 0.2) is 0 Å². The average Bonchev–Trinajstić information content (AvgIpc) is 2.85. The first-order valence-corrected chi connectivity index (χ1v) is 8.63. The second kappa shape index (κ2) is 6.19. The van der Waals surface area contributed by atoms with Gasteiger partial charge in [-0.05, 0) is 61.7 Å². The number of aryl methyl sites for hydroxylation is 2. The Morgan fingerprint density at radius 3 is 2.61 bits per heavy atom. The largest absolute Gasteiger partial charge is 0.397 e. The smallest absolute Gasteiger partial charge is 0.267 e. The molecule has 5 N–H and O–H groups in total. The maximum absolute atomic E-state index is 12.5. The van der Waals surface area contributed by atoms with E-state index in [1.54, 1.807) is 0 Å². The summed E-state index contributed by atoms with van der Waals surface area (Å²) in [5, 5.41) is 9.21. The van der Waals surface area contributed by atoms with E-state index in [1.165, 1.54) is 11.3 Å².